The first-order valence-corrected chi connectivity index (χ1v) is 12.1. The molecule has 0 amide bonds. The Hall–Kier alpha value is -4.82. The van der Waals surface area contributed by atoms with Crippen LogP contribution in [-0.2, 0) is 0 Å². The largest absolute Gasteiger partial charge is 0.456 e. The van der Waals surface area contributed by atoms with Gasteiger partial charge in [0.05, 0.1) is 0 Å². The van der Waals surface area contributed by atoms with Gasteiger partial charge in [0.25, 0.3) is 0 Å². The minimum absolute atomic E-state index is 0.788. The maximum Gasteiger partial charge on any atom is 0.136 e. The van der Waals surface area contributed by atoms with Crippen LogP contribution in [-0.4, -0.2) is 0 Å². The first-order chi connectivity index (χ1) is 17.8. The summed E-state index contributed by atoms with van der Waals surface area (Å²) < 4.78 is 6.24. The van der Waals surface area contributed by atoms with Gasteiger partial charge in [-0.2, -0.15) is 0 Å². The van der Waals surface area contributed by atoms with Gasteiger partial charge in [-0.1, -0.05) is 103 Å². The van der Waals surface area contributed by atoms with Gasteiger partial charge in [0.1, 0.15) is 11.2 Å². The molecular weight excluding hydrogens is 438 g/mol. The Morgan fingerprint density at radius 2 is 1.08 bits per heavy atom. The summed E-state index contributed by atoms with van der Waals surface area (Å²) in [5.41, 5.74) is 15.7. The van der Waals surface area contributed by atoms with Gasteiger partial charge in [-0.25, -0.2) is 0 Å². The normalized spacial score (nSPS) is 11.4. The number of para-hydroxylation sites is 2. The van der Waals surface area contributed by atoms with Crippen LogP contribution in [0.5, 0.6) is 0 Å². The summed E-state index contributed by atoms with van der Waals surface area (Å²) in [7, 11) is 0. The van der Waals surface area contributed by atoms with Crippen molar-refractivity contribution in [1.82, 2.24) is 0 Å². The minimum Gasteiger partial charge on any atom is -0.456 e. The van der Waals surface area contributed by atoms with Crippen LogP contribution in [0.3, 0.4) is 0 Å². The number of furan rings is 1. The maximum atomic E-state index is 6.24. The molecule has 0 saturated heterocycles. The highest BCUT2D eigenvalue weighted by atomic mass is 16.3. The van der Waals surface area contributed by atoms with E-state index in [4.69, 9.17) is 10.2 Å². The first-order valence-electron chi connectivity index (χ1n) is 12.1. The van der Waals surface area contributed by atoms with Crippen molar-refractivity contribution in [2.24, 2.45) is 0 Å². The topological polar surface area (TPSA) is 39.2 Å². The summed E-state index contributed by atoms with van der Waals surface area (Å²) in [5.74, 6) is 0. The number of hydrogen-bond acceptors (Lipinski definition) is 2. The zero-order valence-electron chi connectivity index (χ0n) is 19.6. The van der Waals surface area contributed by atoms with Gasteiger partial charge < -0.3 is 10.2 Å². The zero-order chi connectivity index (χ0) is 24.1. The van der Waals surface area contributed by atoms with Gasteiger partial charge in [-0.3, -0.25) is 0 Å². The molecular formula is C34H23NO. The van der Waals surface area contributed by atoms with E-state index in [1.54, 1.807) is 0 Å². The molecule has 7 rings (SSSR count). The van der Waals surface area contributed by atoms with Crippen molar-refractivity contribution < 1.29 is 4.42 Å². The van der Waals surface area contributed by atoms with Gasteiger partial charge in [0.2, 0.25) is 0 Å². The molecule has 2 nitrogen and oxygen atoms in total. The monoisotopic (exact) mass is 461 g/mol. The van der Waals surface area contributed by atoms with Crippen molar-refractivity contribution in [3.63, 3.8) is 0 Å². The molecule has 0 fully saturated rings. The molecule has 1 heterocycles. The molecule has 7 aromatic rings. The summed E-state index contributed by atoms with van der Waals surface area (Å²) >= 11 is 0. The molecule has 0 bridgehead atoms. The lowest BCUT2D eigenvalue weighted by Gasteiger charge is -2.15. The number of nitrogens with two attached hydrogens (primary N) is 1. The van der Waals surface area contributed by atoms with E-state index in [1.165, 1.54) is 27.5 Å². The second-order valence-electron chi connectivity index (χ2n) is 9.18. The van der Waals surface area contributed by atoms with Crippen LogP contribution in [0.4, 0.5) is 5.69 Å². The predicted molar refractivity (Wildman–Crippen MR) is 152 cm³/mol. The van der Waals surface area contributed by atoms with Crippen LogP contribution < -0.4 is 5.73 Å². The molecule has 0 aliphatic carbocycles. The first kappa shape index (κ1) is 20.5. The lowest BCUT2D eigenvalue weighted by molar-refractivity contribution is 0.669. The zero-order valence-corrected chi connectivity index (χ0v) is 19.6. The number of rotatable bonds is 3. The molecule has 0 saturated carbocycles. The van der Waals surface area contributed by atoms with Gasteiger partial charge >= 0.3 is 0 Å². The van der Waals surface area contributed by atoms with Crippen molar-refractivity contribution in [2.75, 3.05) is 5.73 Å². The quantitative estimate of drug-likeness (QED) is 0.266. The van der Waals surface area contributed by atoms with Gasteiger partial charge in [0.15, 0.2) is 0 Å². The highest BCUT2D eigenvalue weighted by Crippen LogP contribution is 2.41. The summed E-state index contributed by atoms with van der Waals surface area (Å²) in [6.45, 7) is 0. The van der Waals surface area contributed by atoms with Gasteiger partial charge in [-0.15, -0.1) is 0 Å². The van der Waals surface area contributed by atoms with E-state index >= 15 is 0 Å². The average Bonchev–Trinajstić information content (AvgIpc) is 3.31. The third-order valence-electron chi connectivity index (χ3n) is 7.06. The van der Waals surface area contributed by atoms with Crippen molar-refractivity contribution in [2.45, 2.75) is 0 Å². The molecule has 2 heteroatoms. The van der Waals surface area contributed by atoms with Crippen LogP contribution in [0.15, 0.2) is 132 Å². The van der Waals surface area contributed by atoms with E-state index in [-0.39, 0.29) is 0 Å². The Morgan fingerprint density at radius 3 is 1.92 bits per heavy atom. The summed E-state index contributed by atoms with van der Waals surface area (Å²) in [6, 6.07) is 44.5. The van der Waals surface area contributed by atoms with E-state index < -0.39 is 0 Å². The molecule has 0 atom stereocenters. The number of hydrogen-bond donors (Lipinski definition) is 1. The average molecular weight is 462 g/mol. The van der Waals surface area contributed by atoms with Crippen molar-refractivity contribution in [1.29, 1.82) is 0 Å². The Morgan fingerprint density at radius 1 is 0.444 bits per heavy atom. The fourth-order valence-electron chi connectivity index (χ4n) is 5.29. The maximum absolute atomic E-state index is 6.24. The Labute approximate surface area is 209 Å². The molecule has 0 aliphatic rings. The standard InChI is InChI=1S/C34H23NO/c35-31-11-5-3-8-26(31)23-13-15-24(16-14-23)28-19-17-22-7-1-2-9-27(22)34(28)25-18-20-30-29-10-4-6-12-32(29)36-33(30)21-25/h1-21H,35H2. The second-order valence-corrected chi connectivity index (χ2v) is 9.18. The fraction of sp³-hybridized carbons (Fsp3) is 0. The van der Waals surface area contributed by atoms with Crippen LogP contribution >= 0.6 is 0 Å². The molecule has 0 unspecified atom stereocenters. The number of fused-ring (bicyclic) bond motifs is 4. The van der Waals surface area contributed by atoms with E-state index in [1.807, 2.05) is 30.3 Å². The molecule has 0 radical (unpaired) electrons. The molecule has 170 valence electrons. The second kappa shape index (κ2) is 8.14. The summed E-state index contributed by atoms with van der Waals surface area (Å²) in [4.78, 5) is 0. The number of anilines is 1. The number of benzene rings is 6. The summed E-state index contributed by atoms with van der Waals surface area (Å²) in [6.07, 6.45) is 0. The van der Waals surface area contributed by atoms with Crippen LogP contribution in [0.25, 0.3) is 66.1 Å². The molecule has 6 aromatic carbocycles. The van der Waals surface area contributed by atoms with Gasteiger partial charge in [-0.05, 0) is 62.9 Å². The number of nitrogen functional groups attached to an aromatic ring is 1. The van der Waals surface area contributed by atoms with Crippen LogP contribution in [0.1, 0.15) is 0 Å². The lowest BCUT2D eigenvalue weighted by atomic mass is 9.89. The SMILES string of the molecule is Nc1ccccc1-c1ccc(-c2ccc3ccccc3c2-c2ccc3c(c2)oc2ccccc23)cc1. The Bertz CT molecular complexity index is 1890. The van der Waals surface area contributed by atoms with Crippen LogP contribution in [0.2, 0.25) is 0 Å². The fourth-order valence-corrected chi connectivity index (χ4v) is 5.29. The van der Waals surface area contributed by atoms with E-state index in [0.717, 1.165) is 44.3 Å². The van der Waals surface area contributed by atoms with Crippen LogP contribution in [0, 0.1) is 0 Å². The molecule has 2 N–H and O–H groups in total. The third-order valence-corrected chi connectivity index (χ3v) is 7.06. The molecule has 0 spiro atoms. The van der Waals surface area contributed by atoms with Crippen molar-refractivity contribution >= 4 is 38.4 Å². The highest BCUT2D eigenvalue weighted by Gasteiger charge is 2.15. The molecule has 1 aromatic heterocycles. The van der Waals surface area contributed by atoms with Gasteiger partial charge in [0, 0.05) is 22.0 Å². The van der Waals surface area contributed by atoms with E-state index in [0.29, 0.717) is 0 Å². The third kappa shape index (κ3) is 3.27. The minimum atomic E-state index is 0.788. The smallest absolute Gasteiger partial charge is 0.136 e. The Balaban J connectivity index is 1.43. The Kier molecular flexibility index (Phi) is 4.65. The van der Waals surface area contributed by atoms with Crippen molar-refractivity contribution in [3.05, 3.63) is 127 Å². The van der Waals surface area contributed by atoms with E-state index in [2.05, 4.69) is 97.1 Å². The molecule has 0 aliphatic heterocycles. The predicted octanol–water partition coefficient (Wildman–Crippen LogP) is 9.32. The van der Waals surface area contributed by atoms with Crippen molar-refractivity contribution in [3.8, 4) is 33.4 Å². The lowest BCUT2D eigenvalue weighted by Crippen LogP contribution is -1.90. The van der Waals surface area contributed by atoms with E-state index in [9.17, 15) is 0 Å². The molecule has 36 heavy (non-hydrogen) atoms. The summed E-state index contributed by atoms with van der Waals surface area (Å²) in [5, 5.41) is 4.73. The highest BCUT2D eigenvalue weighted by molar-refractivity contribution is 6.09.